The molecular weight excluding hydrogens is 507 g/mol. The summed E-state index contributed by atoms with van der Waals surface area (Å²) in [4.78, 5) is 13.2. The number of carbonyl (C=O) groups is 1. The summed E-state index contributed by atoms with van der Waals surface area (Å²) in [6.45, 7) is 30.7. The average molecular weight is 562 g/mol. The highest BCUT2D eigenvalue weighted by Crippen LogP contribution is 2.47. The topological polar surface area (TPSA) is 49.7 Å². The molecule has 0 atom stereocenters. The van der Waals surface area contributed by atoms with Gasteiger partial charge in [0.1, 0.15) is 5.75 Å². The highest BCUT2D eigenvalue weighted by Gasteiger charge is 2.47. The molecule has 2 rings (SSSR count). The summed E-state index contributed by atoms with van der Waals surface area (Å²) in [6.07, 6.45) is 2.08. The Hall–Kier alpha value is -1.58. The monoisotopic (exact) mass is 561 g/mol. The molecule has 0 unspecified atom stereocenters. The van der Waals surface area contributed by atoms with Crippen molar-refractivity contribution in [1.82, 2.24) is 4.23 Å². The van der Waals surface area contributed by atoms with Gasteiger partial charge in [0, 0.05) is 11.7 Å². The van der Waals surface area contributed by atoms with Crippen LogP contribution in [0.2, 0.25) is 33.2 Å². The first-order valence-electron chi connectivity index (χ1n) is 14.7. The van der Waals surface area contributed by atoms with Gasteiger partial charge >= 0.3 is 5.97 Å². The average Bonchev–Trinajstić information content (AvgIpc) is 3.18. The number of esters is 1. The van der Waals surface area contributed by atoms with E-state index in [2.05, 4.69) is 106 Å². The Balaban J connectivity index is 2.90. The quantitative estimate of drug-likeness (QED) is 0.180. The maximum absolute atomic E-state index is 13.2. The molecule has 0 spiro atoms. The van der Waals surface area contributed by atoms with E-state index in [0.717, 1.165) is 16.5 Å². The Morgan fingerprint density at radius 1 is 0.816 bits per heavy atom. The molecular formula is C31H55NO4Si2. The van der Waals surface area contributed by atoms with Crippen molar-refractivity contribution in [2.45, 2.75) is 130 Å². The molecule has 0 aliphatic carbocycles. The van der Waals surface area contributed by atoms with Gasteiger partial charge in [-0.15, -0.1) is 0 Å². The largest absolute Gasteiger partial charge is 0.496 e. The van der Waals surface area contributed by atoms with Crippen LogP contribution in [0.15, 0.2) is 18.3 Å². The van der Waals surface area contributed by atoms with Crippen molar-refractivity contribution in [2.75, 3.05) is 13.7 Å². The van der Waals surface area contributed by atoms with Crippen LogP contribution in [-0.2, 0) is 15.8 Å². The molecule has 0 aliphatic heterocycles. The molecule has 7 heteroatoms. The lowest BCUT2D eigenvalue weighted by molar-refractivity contribution is 0.0528. The van der Waals surface area contributed by atoms with E-state index in [4.69, 9.17) is 13.9 Å². The Kier molecular flexibility index (Phi) is 10.9. The van der Waals surface area contributed by atoms with Crippen molar-refractivity contribution in [2.24, 2.45) is 0 Å². The summed E-state index contributed by atoms with van der Waals surface area (Å²) in [5.74, 6) is 0.427. The highest BCUT2D eigenvalue weighted by molar-refractivity contribution is 6.82. The minimum absolute atomic E-state index is 0.288. The van der Waals surface area contributed by atoms with Gasteiger partial charge < -0.3 is 18.1 Å². The van der Waals surface area contributed by atoms with Crippen LogP contribution in [0.25, 0.3) is 10.9 Å². The molecule has 0 amide bonds. The number of fused-ring (bicyclic) bond motifs is 1. The van der Waals surface area contributed by atoms with Gasteiger partial charge in [0.25, 0.3) is 0 Å². The lowest BCUT2D eigenvalue weighted by Gasteiger charge is -2.44. The van der Waals surface area contributed by atoms with Gasteiger partial charge in [0.2, 0.25) is 8.32 Å². The maximum atomic E-state index is 13.2. The zero-order valence-electron chi connectivity index (χ0n) is 26.7. The second kappa shape index (κ2) is 12.7. The fraction of sp³-hybridized carbons (Fsp3) is 0.710. The third-order valence-electron chi connectivity index (χ3n) is 9.03. The molecule has 0 saturated carbocycles. The van der Waals surface area contributed by atoms with Crippen LogP contribution in [0, 0.1) is 0 Å². The van der Waals surface area contributed by atoms with E-state index >= 15 is 0 Å². The molecule has 0 fully saturated rings. The summed E-state index contributed by atoms with van der Waals surface area (Å²) < 4.78 is 21.0. The molecule has 5 nitrogen and oxygen atoms in total. The van der Waals surface area contributed by atoms with Crippen molar-refractivity contribution in [3.8, 4) is 5.75 Å². The lowest BCUT2D eigenvalue weighted by Crippen LogP contribution is -2.51. The second-order valence-electron chi connectivity index (χ2n) is 12.8. The predicted molar refractivity (Wildman–Crippen MR) is 167 cm³/mol. The Labute approximate surface area is 234 Å². The number of ether oxygens (including phenoxy) is 2. The molecule has 2 aromatic rings. The SMILES string of the molecule is CCOC(=O)c1cn([Si](C(C)C)(C(C)C)C(C)C)c2cc(CO[Si](C(C)C)(C(C)C)C(C)C)cc(OC)c12. The second-order valence-corrected chi connectivity index (χ2v) is 24.0. The van der Waals surface area contributed by atoms with E-state index < -0.39 is 16.6 Å². The zero-order valence-corrected chi connectivity index (χ0v) is 28.7. The number of aromatic nitrogens is 1. The summed E-state index contributed by atoms with van der Waals surface area (Å²) in [5.41, 5.74) is 5.72. The molecule has 0 bridgehead atoms. The van der Waals surface area contributed by atoms with E-state index in [1.54, 1.807) is 7.11 Å². The van der Waals surface area contributed by atoms with E-state index in [1.165, 1.54) is 0 Å². The lowest BCUT2D eigenvalue weighted by atomic mass is 10.1. The molecule has 38 heavy (non-hydrogen) atoms. The van der Waals surface area contributed by atoms with Crippen LogP contribution >= 0.6 is 0 Å². The number of benzene rings is 1. The molecule has 1 aromatic carbocycles. The van der Waals surface area contributed by atoms with Crippen molar-refractivity contribution < 1.29 is 18.7 Å². The van der Waals surface area contributed by atoms with Crippen molar-refractivity contribution in [1.29, 1.82) is 0 Å². The third kappa shape index (κ3) is 5.53. The Bertz CT molecular complexity index is 1040. The van der Waals surface area contributed by atoms with E-state index in [-0.39, 0.29) is 5.97 Å². The van der Waals surface area contributed by atoms with E-state index in [1.807, 2.05) is 6.92 Å². The standard InChI is InChI=1S/C31H55NO4Si2/c1-15-35-31(33)27-18-32(37(20(2)3,21(4)5)22(6)7)28-16-26(17-29(34-14)30(27)28)19-36-38(23(8)9,24(10)11)25(12)13/h16-18,20-25H,15,19H2,1-14H3. The summed E-state index contributed by atoms with van der Waals surface area (Å²) in [5, 5.41) is 0.855. The minimum atomic E-state index is -2.17. The van der Waals surface area contributed by atoms with Crippen LogP contribution < -0.4 is 4.74 Å². The van der Waals surface area contributed by atoms with Crippen LogP contribution in [-0.4, -0.2) is 40.5 Å². The van der Waals surface area contributed by atoms with Crippen LogP contribution in [0.5, 0.6) is 5.75 Å². The van der Waals surface area contributed by atoms with Gasteiger partial charge in [-0.2, -0.15) is 0 Å². The number of methoxy groups -OCH3 is 1. The van der Waals surface area contributed by atoms with Gasteiger partial charge in [0.05, 0.1) is 31.3 Å². The number of hydrogen-bond acceptors (Lipinski definition) is 4. The Morgan fingerprint density at radius 2 is 1.32 bits per heavy atom. The van der Waals surface area contributed by atoms with Gasteiger partial charge in [-0.1, -0.05) is 83.1 Å². The highest BCUT2D eigenvalue weighted by atomic mass is 28.4. The van der Waals surface area contributed by atoms with Crippen molar-refractivity contribution in [3.63, 3.8) is 0 Å². The van der Waals surface area contributed by atoms with Gasteiger partial charge in [-0.05, 0) is 57.9 Å². The van der Waals surface area contributed by atoms with E-state index in [0.29, 0.717) is 57.8 Å². The first-order chi connectivity index (χ1) is 17.6. The molecule has 0 saturated heterocycles. The smallest absolute Gasteiger partial charge is 0.340 e. The Morgan fingerprint density at radius 3 is 1.71 bits per heavy atom. The summed E-state index contributed by atoms with van der Waals surface area (Å²) in [6, 6.07) is 4.33. The van der Waals surface area contributed by atoms with Crippen LogP contribution in [0.1, 0.15) is 106 Å². The van der Waals surface area contributed by atoms with Gasteiger partial charge in [0.15, 0.2) is 8.24 Å². The maximum Gasteiger partial charge on any atom is 0.340 e. The van der Waals surface area contributed by atoms with Crippen molar-refractivity contribution in [3.05, 3.63) is 29.5 Å². The molecule has 0 aliphatic rings. The molecule has 216 valence electrons. The first-order valence-corrected chi connectivity index (χ1v) is 19.0. The van der Waals surface area contributed by atoms with Gasteiger partial charge in [-0.3, -0.25) is 0 Å². The first kappa shape index (κ1) is 32.6. The van der Waals surface area contributed by atoms with Crippen LogP contribution in [0.3, 0.4) is 0 Å². The number of hydrogen-bond donors (Lipinski definition) is 0. The molecule has 0 N–H and O–H groups in total. The zero-order chi connectivity index (χ0) is 29.2. The van der Waals surface area contributed by atoms with Crippen LogP contribution in [0.4, 0.5) is 0 Å². The van der Waals surface area contributed by atoms with Crippen molar-refractivity contribution >= 4 is 33.4 Å². The molecule has 0 radical (unpaired) electrons. The number of rotatable bonds is 13. The third-order valence-corrected chi connectivity index (χ3v) is 21.8. The number of nitrogens with zero attached hydrogens (tertiary/aromatic N) is 1. The van der Waals surface area contributed by atoms with E-state index in [9.17, 15) is 4.79 Å². The fourth-order valence-corrected chi connectivity index (χ4v) is 19.9. The normalized spacial score (nSPS) is 13.3. The minimum Gasteiger partial charge on any atom is -0.496 e. The summed E-state index contributed by atoms with van der Waals surface area (Å²) in [7, 11) is -2.52. The predicted octanol–water partition coefficient (Wildman–Crippen LogP) is 9.54. The fourth-order valence-electron chi connectivity index (χ4n) is 7.85. The molecule has 1 aromatic heterocycles. The summed E-state index contributed by atoms with van der Waals surface area (Å²) >= 11 is 0. The number of carbonyl (C=O) groups excluding carboxylic acids is 1. The molecule has 1 heterocycles. The van der Waals surface area contributed by atoms with Gasteiger partial charge in [-0.25, -0.2) is 4.79 Å².